The second-order valence-corrected chi connectivity index (χ2v) is 13.3. The van der Waals surface area contributed by atoms with Crippen molar-refractivity contribution in [1.82, 2.24) is 10.3 Å². The van der Waals surface area contributed by atoms with Crippen LogP contribution in [0.5, 0.6) is 0 Å². The predicted octanol–water partition coefficient (Wildman–Crippen LogP) is 5.04. The van der Waals surface area contributed by atoms with Crippen LogP contribution < -0.4 is 5.32 Å². The number of carbonyl (C=O) groups excluding carboxylic acids is 2. The number of nitrogens with one attached hydrogen (secondary N) is 1. The third-order valence-electron chi connectivity index (χ3n) is 8.26. The van der Waals surface area contributed by atoms with E-state index in [9.17, 15) is 19.8 Å². The van der Waals surface area contributed by atoms with Gasteiger partial charge in [-0.15, -0.1) is 11.3 Å². The van der Waals surface area contributed by atoms with Crippen molar-refractivity contribution in [3.8, 4) is 0 Å². The van der Waals surface area contributed by atoms with Crippen LogP contribution in [0.25, 0.3) is 10.2 Å². The molecule has 2 aliphatic rings. The number of aliphatic hydroxyl groups is 2. The zero-order valence-corrected chi connectivity index (χ0v) is 23.9. The van der Waals surface area contributed by atoms with E-state index in [1.165, 1.54) is 0 Å². The number of amides is 1. The lowest BCUT2D eigenvalue weighted by molar-refractivity contribution is -0.144. The van der Waals surface area contributed by atoms with E-state index in [4.69, 9.17) is 16.3 Å². The van der Waals surface area contributed by atoms with Gasteiger partial charge in [0.25, 0.3) is 0 Å². The van der Waals surface area contributed by atoms with Crippen molar-refractivity contribution in [1.29, 1.82) is 0 Å². The summed E-state index contributed by atoms with van der Waals surface area (Å²) in [7, 11) is 0. The van der Waals surface area contributed by atoms with Crippen LogP contribution >= 0.6 is 22.9 Å². The first-order valence-electron chi connectivity index (χ1n) is 13.3. The van der Waals surface area contributed by atoms with E-state index in [1.807, 2.05) is 39.0 Å². The number of thiazole rings is 1. The molecule has 2 saturated heterocycles. The Hall–Kier alpha value is -1.58. The van der Waals surface area contributed by atoms with Gasteiger partial charge in [0.15, 0.2) is 5.06 Å². The largest absolute Gasteiger partial charge is 0.392 e. The maximum Gasteiger partial charge on any atom is 0.223 e. The number of nitrogens with zero attached hydrogens (tertiary/aromatic N) is 1. The molecular weight excluding hydrogens is 512 g/mol. The van der Waals surface area contributed by atoms with Crippen molar-refractivity contribution < 1.29 is 24.5 Å². The second kappa shape index (κ2) is 10.9. The van der Waals surface area contributed by atoms with Crippen molar-refractivity contribution in [2.75, 3.05) is 0 Å². The zero-order chi connectivity index (χ0) is 27.1. The normalized spacial score (nSPS) is 35.7. The number of ketones is 1. The number of ether oxygens (including phenoxy) is 1. The predicted molar refractivity (Wildman–Crippen MR) is 146 cm³/mol. The fourth-order valence-corrected chi connectivity index (χ4v) is 6.69. The zero-order valence-electron chi connectivity index (χ0n) is 22.3. The van der Waals surface area contributed by atoms with E-state index in [-0.39, 0.29) is 36.2 Å². The van der Waals surface area contributed by atoms with E-state index in [0.717, 1.165) is 27.2 Å². The van der Waals surface area contributed by atoms with Gasteiger partial charge >= 0.3 is 0 Å². The van der Waals surface area contributed by atoms with Crippen molar-refractivity contribution in [2.24, 2.45) is 17.3 Å². The minimum atomic E-state index is -1.20. The summed E-state index contributed by atoms with van der Waals surface area (Å²) in [5.41, 5.74) is 0.585. The average molecular weight is 551 g/mol. The van der Waals surface area contributed by atoms with Crippen LogP contribution in [-0.2, 0) is 14.3 Å². The van der Waals surface area contributed by atoms with Gasteiger partial charge in [-0.2, -0.15) is 0 Å². The number of rotatable bonds is 2. The van der Waals surface area contributed by atoms with Crippen molar-refractivity contribution in [3.63, 3.8) is 0 Å². The molecule has 2 fully saturated rings. The minimum absolute atomic E-state index is 0.114. The number of aryl methyl sites for hydroxylation is 1. The van der Waals surface area contributed by atoms with Crippen molar-refractivity contribution >= 4 is 44.8 Å². The molecule has 0 radical (unpaired) electrons. The second-order valence-electron chi connectivity index (χ2n) is 11.4. The van der Waals surface area contributed by atoms with Crippen LogP contribution in [0.2, 0.25) is 0 Å². The van der Waals surface area contributed by atoms with Crippen LogP contribution in [0.1, 0.15) is 82.8 Å². The third kappa shape index (κ3) is 6.04. The van der Waals surface area contributed by atoms with Gasteiger partial charge in [0.05, 0.1) is 45.3 Å². The highest BCUT2D eigenvalue weighted by atomic mass is 35.5. The summed E-state index contributed by atoms with van der Waals surface area (Å²) in [4.78, 5) is 31.3. The molecule has 0 saturated carbocycles. The lowest BCUT2D eigenvalue weighted by Gasteiger charge is -2.35. The molecule has 1 amide bonds. The van der Waals surface area contributed by atoms with Crippen LogP contribution in [0.3, 0.4) is 0 Å². The summed E-state index contributed by atoms with van der Waals surface area (Å²) in [5.74, 6) is -1.31. The van der Waals surface area contributed by atoms with Crippen LogP contribution in [0.15, 0.2) is 18.2 Å². The summed E-state index contributed by atoms with van der Waals surface area (Å²) in [6.07, 6.45) is 0.528. The highest BCUT2D eigenvalue weighted by Gasteiger charge is 2.55. The summed E-state index contributed by atoms with van der Waals surface area (Å²) < 4.78 is 7.00. The number of hydrogen-bond acceptors (Lipinski definition) is 7. The van der Waals surface area contributed by atoms with E-state index in [2.05, 4.69) is 10.3 Å². The molecule has 4 rings (SSSR count). The molecule has 2 aliphatic heterocycles. The lowest BCUT2D eigenvalue weighted by Crippen LogP contribution is -2.47. The fourth-order valence-electron chi connectivity index (χ4n) is 5.56. The standard InChI is InChI=1S/C28H39ClN2O5S/c1-6-18-25(34)15(2)8-7-11-28(29)23(36-28)13-19(17-9-10-21-20(12-17)30-16(3)37-21)31-24(33)14-22(32)27(4,5)26(18)35/h9-10,12,15,18-19,22-23,25,32,34H,6-8,11,13-14H2,1-5H3,(H,31,33)/t15-,18+,19-,22-,23-,25-,28+/m0/s1. The van der Waals surface area contributed by atoms with E-state index < -0.39 is 28.6 Å². The number of fused-ring (bicyclic) bond motifs is 2. The number of carbonyl (C=O) groups is 2. The maximum atomic E-state index is 13.5. The first kappa shape index (κ1) is 28.4. The summed E-state index contributed by atoms with van der Waals surface area (Å²) >= 11 is 8.40. The third-order valence-corrected chi connectivity index (χ3v) is 9.74. The van der Waals surface area contributed by atoms with Crippen molar-refractivity contribution in [2.45, 2.75) is 103 Å². The Labute approximate surface area is 228 Å². The molecule has 0 bridgehead atoms. The SMILES string of the molecule is CC[C@H]1C(=O)C(C)(C)[C@@H](O)CC(=O)N[C@H](c2ccc3sc(C)nc3c2)C[C@@H]2O[C@]2(Cl)CCC[C@H](C)[C@@H]1O. The molecular formula is C28H39ClN2O5S. The molecule has 1 aromatic carbocycles. The number of aromatic nitrogens is 1. The van der Waals surface area contributed by atoms with Gasteiger partial charge in [-0.1, -0.05) is 45.4 Å². The molecule has 0 aliphatic carbocycles. The van der Waals surface area contributed by atoms with Gasteiger partial charge < -0.3 is 20.3 Å². The minimum Gasteiger partial charge on any atom is -0.392 e. The van der Waals surface area contributed by atoms with E-state index in [0.29, 0.717) is 25.7 Å². The Kier molecular flexibility index (Phi) is 8.37. The summed E-state index contributed by atoms with van der Waals surface area (Å²) in [5, 5.41) is 25.3. The summed E-state index contributed by atoms with van der Waals surface area (Å²) in [6.45, 7) is 9.09. The Bertz CT molecular complexity index is 1150. The molecule has 3 N–H and O–H groups in total. The number of halogens is 1. The van der Waals surface area contributed by atoms with Gasteiger partial charge in [0.1, 0.15) is 11.9 Å². The van der Waals surface area contributed by atoms with E-state index in [1.54, 1.807) is 25.2 Å². The molecule has 204 valence electrons. The Morgan fingerprint density at radius 1 is 1.27 bits per heavy atom. The molecule has 9 heteroatoms. The quantitative estimate of drug-likeness (QED) is 0.357. The average Bonchev–Trinajstić information content (AvgIpc) is 3.30. The van der Waals surface area contributed by atoms with Gasteiger partial charge in [0, 0.05) is 12.3 Å². The molecule has 3 heterocycles. The Morgan fingerprint density at radius 2 is 2.00 bits per heavy atom. The van der Waals surface area contributed by atoms with Gasteiger partial charge in [-0.05, 0) is 56.2 Å². The van der Waals surface area contributed by atoms with Crippen LogP contribution in [-0.4, -0.2) is 50.3 Å². The smallest absolute Gasteiger partial charge is 0.223 e. The number of aliphatic hydroxyl groups excluding tert-OH is 2. The van der Waals surface area contributed by atoms with Gasteiger partial charge in [-0.3, -0.25) is 9.59 Å². The number of hydrogen-bond donors (Lipinski definition) is 3. The first-order chi connectivity index (χ1) is 17.4. The highest BCUT2D eigenvalue weighted by Crippen LogP contribution is 2.49. The van der Waals surface area contributed by atoms with Crippen LogP contribution in [0.4, 0.5) is 0 Å². The highest BCUT2D eigenvalue weighted by molar-refractivity contribution is 7.18. The molecule has 0 spiro atoms. The molecule has 7 atom stereocenters. The number of epoxide rings is 1. The molecule has 2 aromatic rings. The van der Waals surface area contributed by atoms with Gasteiger partial charge in [-0.25, -0.2) is 4.98 Å². The van der Waals surface area contributed by atoms with Gasteiger partial charge in [0.2, 0.25) is 5.91 Å². The summed E-state index contributed by atoms with van der Waals surface area (Å²) in [6, 6.07) is 5.60. The number of Topliss-reactive ketones (excluding diaryl/α,β-unsaturated/α-hetero) is 1. The molecule has 7 nitrogen and oxygen atoms in total. The molecule has 0 unspecified atom stereocenters. The van der Waals surface area contributed by atoms with Crippen LogP contribution in [0, 0.1) is 24.2 Å². The number of alkyl halides is 1. The monoisotopic (exact) mass is 550 g/mol. The Morgan fingerprint density at radius 3 is 2.70 bits per heavy atom. The molecule has 37 heavy (non-hydrogen) atoms. The Balaban J connectivity index is 1.62. The molecule has 1 aromatic heterocycles. The van der Waals surface area contributed by atoms with Crippen molar-refractivity contribution in [3.05, 3.63) is 28.8 Å². The first-order valence-corrected chi connectivity index (χ1v) is 14.5. The topological polar surface area (TPSA) is 112 Å². The fraction of sp³-hybridized carbons (Fsp3) is 0.679. The van der Waals surface area contributed by atoms with E-state index >= 15 is 0 Å². The maximum absolute atomic E-state index is 13.5. The lowest BCUT2D eigenvalue weighted by atomic mass is 9.71. The number of benzene rings is 1.